The summed E-state index contributed by atoms with van der Waals surface area (Å²) in [6.45, 7) is 4.10. The van der Waals surface area contributed by atoms with E-state index in [1.807, 2.05) is 19.9 Å². The van der Waals surface area contributed by atoms with Crippen molar-refractivity contribution in [3.63, 3.8) is 0 Å². The Morgan fingerprint density at radius 3 is 2.90 bits per heavy atom. The molecule has 2 aromatic heterocycles. The van der Waals surface area contributed by atoms with Gasteiger partial charge in [0.2, 0.25) is 0 Å². The third-order valence-electron chi connectivity index (χ3n) is 3.27. The minimum Gasteiger partial charge on any atom is -0.480 e. The van der Waals surface area contributed by atoms with E-state index >= 15 is 0 Å². The third kappa shape index (κ3) is 3.66. The van der Waals surface area contributed by atoms with Crippen LogP contribution in [-0.4, -0.2) is 26.5 Å². The second kappa shape index (κ2) is 6.49. The predicted molar refractivity (Wildman–Crippen MR) is 79.4 cm³/mol. The molecule has 0 saturated carbocycles. The molecule has 0 aromatic carbocycles. The van der Waals surface area contributed by atoms with E-state index in [0.717, 1.165) is 12.0 Å². The van der Waals surface area contributed by atoms with Crippen LogP contribution in [0.2, 0.25) is 0 Å². The highest BCUT2D eigenvalue weighted by molar-refractivity contribution is 5.73. The number of carbonyl (C=O) groups is 1. The predicted octanol–water partition coefficient (Wildman–Crippen LogP) is 1.35. The Labute approximate surface area is 122 Å². The zero-order chi connectivity index (χ0) is 15.4. The summed E-state index contributed by atoms with van der Waals surface area (Å²) in [5.74, 6) is -0.884. The Balaban J connectivity index is 2.21. The Kier molecular flexibility index (Phi) is 4.70. The van der Waals surface area contributed by atoms with E-state index in [-0.39, 0.29) is 12.1 Å². The summed E-state index contributed by atoms with van der Waals surface area (Å²) in [5.41, 5.74) is 1.92. The number of rotatable bonds is 6. The van der Waals surface area contributed by atoms with Gasteiger partial charge in [-0.1, -0.05) is 19.4 Å². The summed E-state index contributed by atoms with van der Waals surface area (Å²) in [6, 6.07) is 4.48. The molecular formula is C15H19N3O3. The average molecular weight is 289 g/mol. The largest absolute Gasteiger partial charge is 0.480 e. The summed E-state index contributed by atoms with van der Waals surface area (Å²) in [7, 11) is 0. The van der Waals surface area contributed by atoms with Crippen molar-refractivity contribution < 1.29 is 9.90 Å². The zero-order valence-corrected chi connectivity index (χ0v) is 12.2. The van der Waals surface area contributed by atoms with Crippen LogP contribution in [-0.2, 0) is 11.3 Å². The van der Waals surface area contributed by atoms with Crippen LogP contribution >= 0.6 is 0 Å². The molecule has 2 rings (SSSR count). The molecular weight excluding hydrogens is 270 g/mol. The monoisotopic (exact) mass is 289 g/mol. The molecule has 1 unspecified atom stereocenters. The molecule has 0 aliphatic rings. The standard InChI is InChI=1S/C15H19N3O3/c1-3-4-12(15(20)21)16-8-11-7-14(19)18-9-10(2)5-6-13(18)17-11/h5-7,9,12,16H,3-4,8H2,1-2H3,(H,20,21). The van der Waals surface area contributed by atoms with Crippen LogP contribution in [0, 0.1) is 6.92 Å². The number of carboxylic acids is 1. The van der Waals surface area contributed by atoms with Crippen LogP contribution in [0.4, 0.5) is 0 Å². The summed E-state index contributed by atoms with van der Waals surface area (Å²) >= 11 is 0. The smallest absolute Gasteiger partial charge is 0.320 e. The summed E-state index contributed by atoms with van der Waals surface area (Å²) in [5, 5.41) is 12.0. The van der Waals surface area contributed by atoms with Crippen molar-refractivity contribution in [1.82, 2.24) is 14.7 Å². The normalized spacial score (nSPS) is 12.5. The first-order valence-electron chi connectivity index (χ1n) is 6.96. The van der Waals surface area contributed by atoms with E-state index in [0.29, 0.717) is 17.8 Å². The number of aliphatic carboxylic acids is 1. The fourth-order valence-electron chi connectivity index (χ4n) is 2.18. The Hall–Kier alpha value is -2.21. The molecule has 21 heavy (non-hydrogen) atoms. The molecule has 0 aliphatic carbocycles. The van der Waals surface area contributed by atoms with Gasteiger partial charge in [0, 0.05) is 18.8 Å². The van der Waals surface area contributed by atoms with Gasteiger partial charge < -0.3 is 5.11 Å². The lowest BCUT2D eigenvalue weighted by molar-refractivity contribution is -0.139. The molecule has 6 heteroatoms. The number of hydrogen-bond acceptors (Lipinski definition) is 4. The number of aryl methyl sites for hydroxylation is 1. The summed E-state index contributed by atoms with van der Waals surface area (Å²) in [6.07, 6.45) is 3.05. The molecule has 1 atom stereocenters. The molecule has 0 saturated heterocycles. The van der Waals surface area contributed by atoms with Gasteiger partial charge in [0.1, 0.15) is 11.7 Å². The SMILES string of the molecule is CCCC(NCc1cc(=O)n2cc(C)ccc2n1)C(=O)O. The first-order valence-corrected chi connectivity index (χ1v) is 6.96. The lowest BCUT2D eigenvalue weighted by Gasteiger charge is -2.13. The molecule has 0 radical (unpaired) electrons. The van der Waals surface area contributed by atoms with Crippen LogP contribution in [0.5, 0.6) is 0 Å². The van der Waals surface area contributed by atoms with Crippen LogP contribution in [0.1, 0.15) is 31.0 Å². The highest BCUT2D eigenvalue weighted by Crippen LogP contribution is 2.03. The van der Waals surface area contributed by atoms with Gasteiger partial charge >= 0.3 is 5.97 Å². The van der Waals surface area contributed by atoms with Crippen molar-refractivity contribution in [2.75, 3.05) is 0 Å². The number of carboxylic acid groups (broad SMARTS) is 1. The number of fused-ring (bicyclic) bond motifs is 1. The minimum absolute atomic E-state index is 0.164. The fraction of sp³-hybridized carbons (Fsp3) is 0.400. The maximum absolute atomic E-state index is 12.0. The average Bonchev–Trinajstić information content (AvgIpc) is 2.44. The number of aromatic nitrogens is 2. The van der Waals surface area contributed by atoms with Crippen molar-refractivity contribution >= 4 is 11.6 Å². The van der Waals surface area contributed by atoms with Gasteiger partial charge in [-0.05, 0) is 25.0 Å². The van der Waals surface area contributed by atoms with Crippen LogP contribution in [0.25, 0.3) is 5.65 Å². The highest BCUT2D eigenvalue weighted by Gasteiger charge is 2.15. The second-order valence-corrected chi connectivity index (χ2v) is 5.08. The Morgan fingerprint density at radius 2 is 2.24 bits per heavy atom. The third-order valence-corrected chi connectivity index (χ3v) is 3.27. The van der Waals surface area contributed by atoms with Gasteiger partial charge in [0.05, 0.1) is 5.69 Å². The molecule has 2 heterocycles. The van der Waals surface area contributed by atoms with Gasteiger partial charge in [0.15, 0.2) is 0 Å². The van der Waals surface area contributed by atoms with Crippen LogP contribution in [0.3, 0.4) is 0 Å². The molecule has 0 spiro atoms. The minimum atomic E-state index is -0.884. The highest BCUT2D eigenvalue weighted by atomic mass is 16.4. The first kappa shape index (κ1) is 15.2. The topological polar surface area (TPSA) is 83.7 Å². The molecule has 6 nitrogen and oxygen atoms in total. The maximum Gasteiger partial charge on any atom is 0.320 e. The molecule has 0 aliphatic heterocycles. The first-order chi connectivity index (χ1) is 10.0. The van der Waals surface area contributed by atoms with Crippen molar-refractivity contribution in [3.8, 4) is 0 Å². The molecule has 112 valence electrons. The molecule has 2 N–H and O–H groups in total. The van der Waals surface area contributed by atoms with E-state index in [9.17, 15) is 9.59 Å². The molecule has 2 aromatic rings. The fourth-order valence-corrected chi connectivity index (χ4v) is 2.18. The zero-order valence-electron chi connectivity index (χ0n) is 12.2. The van der Waals surface area contributed by atoms with Gasteiger partial charge in [-0.3, -0.25) is 19.3 Å². The van der Waals surface area contributed by atoms with E-state index in [1.165, 1.54) is 10.5 Å². The second-order valence-electron chi connectivity index (χ2n) is 5.08. The molecule has 0 bridgehead atoms. The van der Waals surface area contributed by atoms with Crippen LogP contribution < -0.4 is 10.9 Å². The van der Waals surface area contributed by atoms with Gasteiger partial charge in [0.25, 0.3) is 5.56 Å². The van der Waals surface area contributed by atoms with Gasteiger partial charge in [-0.15, -0.1) is 0 Å². The van der Waals surface area contributed by atoms with Crippen molar-refractivity contribution in [2.45, 2.75) is 39.3 Å². The van der Waals surface area contributed by atoms with E-state index in [1.54, 1.807) is 12.3 Å². The van der Waals surface area contributed by atoms with Gasteiger partial charge in [-0.25, -0.2) is 4.98 Å². The lowest BCUT2D eigenvalue weighted by Crippen LogP contribution is -2.36. The van der Waals surface area contributed by atoms with Crippen molar-refractivity contribution in [2.24, 2.45) is 0 Å². The molecule has 0 amide bonds. The van der Waals surface area contributed by atoms with E-state index in [4.69, 9.17) is 5.11 Å². The number of nitrogens with zero attached hydrogens (tertiary/aromatic N) is 2. The van der Waals surface area contributed by atoms with Crippen LogP contribution in [0.15, 0.2) is 29.2 Å². The molecule has 0 fully saturated rings. The number of nitrogens with one attached hydrogen (secondary N) is 1. The summed E-state index contributed by atoms with van der Waals surface area (Å²) in [4.78, 5) is 27.5. The van der Waals surface area contributed by atoms with E-state index in [2.05, 4.69) is 10.3 Å². The van der Waals surface area contributed by atoms with Crippen molar-refractivity contribution in [1.29, 1.82) is 0 Å². The lowest BCUT2D eigenvalue weighted by atomic mass is 10.1. The Morgan fingerprint density at radius 1 is 1.48 bits per heavy atom. The maximum atomic E-state index is 12.0. The Bertz CT molecular complexity index is 709. The van der Waals surface area contributed by atoms with E-state index < -0.39 is 12.0 Å². The quantitative estimate of drug-likeness (QED) is 0.838. The van der Waals surface area contributed by atoms with Gasteiger partial charge in [-0.2, -0.15) is 0 Å². The summed E-state index contributed by atoms with van der Waals surface area (Å²) < 4.78 is 1.49. The number of pyridine rings is 1. The number of hydrogen-bond donors (Lipinski definition) is 2. The van der Waals surface area contributed by atoms with Crippen molar-refractivity contribution in [3.05, 3.63) is 46.0 Å².